The molecule has 3 aromatic heterocycles. The molecule has 4 aromatic rings. The number of hydrogen-bond donors (Lipinski definition) is 1. The molecular weight excluding hydrogens is 648 g/mol. The summed E-state index contributed by atoms with van der Waals surface area (Å²) < 4.78 is 24.7. The van der Waals surface area contributed by atoms with Gasteiger partial charge in [-0.05, 0) is 49.1 Å². The zero-order chi connectivity index (χ0) is 35.7. The smallest absolute Gasteiger partial charge is 0.359 e. The number of aromatic nitrogens is 5. The minimum Gasteiger partial charge on any atom is -0.497 e. The minimum atomic E-state index is -0.715. The number of nitrogens with one attached hydrogen (secondary N) is 1. The predicted octanol–water partition coefficient (Wildman–Crippen LogP) is 6.69. The van der Waals surface area contributed by atoms with Crippen LogP contribution in [0.25, 0.3) is 5.69 Å². The van der Waals surface area contributed by atoms with E-state index >= 15 is 0 Å². The highest BCUT2D eigenvalue weighted by atomic mass is 35.5. The van der Waals surface area contributed by atoms with Crippen molar-refractivity contribution in [1.29, 1.82) is 0 Å². The third-order valence-corrected chi connectivity index (χ3v) is 7.72. The summed E-state index contributed by atoms with van der Waals surface area (Å²) in [5.41, 5.74) is 3.42. The van der Waals surface area contributed by atoms with Crippen LogP contribution in [0.1, 0.15) is 67.0 Å². The molecule has 0 fully saturated rings. The van der Waals surface area contributed by atoms with E-state index in [0.29, 0.717) is 28.4 Å². The summed E-state index contributed by atoms with van der Waals surface area (Å²) >= 11 is 6.54. The maximum atomic E-state index is 13.7. The molecule has 1 N–H and O–H groups in total. The Labute approximate surface area is 290 Å². The Morgan fingerprint density at radius 2 is 1.86 bits per heavy atom. The second-order valence-corrected chi connectivity index (χ2v) is 11.4. The molecule has 0 aliphatic carbocycles. The zero-order valence-electron chi connectivity index (χ0n) is 28.7. The Balaban J connectivity index is 1.99. The van der Waals surface area contributed by atoms with Crippen LogP contribution in [-0.2, 0) is 11.3 Å². The van der Waals surface area contributed by atoms with Crippen LogP contribution in [0.2, 0.25) is 5.02 Å². The van der Waals surface area contributed by atoms with Crippen molar-refractivity contribution in [2.24, 2.45) is 0 Å². The fourth-order valence-corrected chi connectivity index (χ4v) is 5.57. The molecule has 1 unspecified atom stereocenters. The summed E-state index contributed by atoms with van der Waals surface area (Å²) in [4.78, 5) is 35.5. The van der Waals surface area contributed by atoms with E-state index in [4.69, 9.17) is 35.6 Å². The Morgan fingerprint density at radius 1 is 1.12 bits per heavy atom. The fraction of sp³-hybridized carbons (Fsp3) is 0.306. The molecule has 13 heteroatoms. The summed E-state index contributed by atoms with van der Waals surface area (Å²) in [7, 11) is 4.52. The van der Waals surface area contributed by atoms with E-state index in [9.17, 15) is 9.59 Å². The van der Waals surface area contributed by atoms with Gasteiger partial charge in [0.15, 0.2) is 5.69 Å². The number of halogens is 1. The van der Waals surface area contributed by atoms with Crippen LogP contribution in [0.3, 0.4) is 0 Å². The lowest BCUT2D eigenvalue weighted by Crippen LogP contribution is -2.23. The third-order valence-electron chi connectivity index (χ3n) is 7.45. The number of carbonyl (C=O) groups excluding carboxylic acids is 1. The zero-order valence-corrected chi connectivity index (χ0v) is 29.4. The summed E-state index contributed by atoms with van der Waals surface area (Å²) in [6.45, 7) is 11.9. The lowest BCUT2D eigenvalue weighted by molar-refractivity contribution is 0.0517. The molecule has 0 bridgehead atoms. The van der Waals surface area contributed by atoms with Crippen LogP contribution in [0, 0.1) is 0 Å². The second kappa shape index (κ2) is 16.6. The molecule has 258 valence electrons. The Morgan fingerprint density at radius 3 is 2.45 bits per heavy atom. The maximum absolute atomic E-state index is 13.7. The van der Waals surface area contributed by atoms with Crippen LogP contribution in [0.5, 0.6) is 17.6 Å². The average molecular weight is 689 g/mol. The highest BCUT2D eigenvalue weighted by Crippen LogP contribution is 2.38. The first-order valence-corrected chi connectivity index (χ1v) is 16.0. The van der Waals surface area contributed by atoms with Gasteiger partial charge in [0.1, 0.15) is 16.5 Å². The summed E-state index contributed by atoms with van der Waals surface area (Å²) in [6, 6.07) is 8.37. The normalized spacial score (nSPS) is 12.2. The minimum absolute atomic E-state index is 0.0167. The molecule has 0 aliphatic rings. The molecule has 0 radical (unpaired) electrons. The average Bonchev–Trinajstić information content (AvgIpc) is 3.50. The largest absolute Gasteiger partial charge is 0.497 e. The SMILES string of the molecule is C=C/C=C(\C=C/C)C(Nc1cc(Cl)c(=O)n(Cc2ccc(OC)cc2)c1)c1c(C(=O)OCC)nn(-c2cnc(OC)nc2OC)c1C(C)C. The van der Waals surface area contributed by atoms with Crippen molar-refractivity contribution in [3.8, 4) is 23.3 Å². The van der Waals surface area contributed by atoms with Crippen LogP contribution in [-0.4, -0.2) is 58.2 Å². The lowest BCUT2D eigenvalue weighted by Gasteiger charge is -2.25. The number of nitrogens with zero attached hydrogens (tertiary/aromatic N) is 5. The highest BCUT2D eigenvalue weighted by Gasteiger charge is 2.34. The van der Waals surface area contributed by atoms with Gasteiger partial charge in [0.2, 0.25) is 5.88 Å². The number of hydrogen-bond acceptors (Lipinski definition) is 10. The van der Waals surface area contributed by atoms with Crippen LogP contribution >= 0.6 is 11.6 Å². The van der Waals surface area contributed by atoms with E-state index in [0.717, 1.165) is 11.1 Å². The van der Waals surface area contributed by atoms with Gasteiger partial charge in [0.25, 0.3) is 5.56 Å². The first-order chi connectivity index (χ1) is 23.6. The van der Waals surface area contributed by atoms with Crippen molar-refractivity contribution in [2.45, 2.75) is 46.2 Å². The van der Waals surface area contributed by atoms with Crippen molar-refractivity contribution in [3.05, 3.63) is 117 Å². The number of benzene rings is 1. The second-order valence-electron chi connectivity index (χ2n) is 11.0. The van der Waals surface area contributed by atoms with Crippen LogP contribution in [0.4, 0.5) is 5.69 Å². The number of allylic oxidation sites excluding steroid dienone is 3. The van der Waals surface area contributed by atoms with E-state index in [1.165, 1.54) is 25.0 Å². The molecule has 1 aromatic carbocycles. The summed E-state index contributed by atoms with van der Waals surface area (Å²) in [6.07, 6.45) is 10.5. The molecule has 49 heavy (non-hydrogen) atoms. The van der Waals surface area contributed by atoms with Gasteiger partial charge in [-0.15, -0.1) is 0 Å². The number of esters is 1. The molecule has 12 nitrogen and oxygen atoms in total. The first-order valence-electron chi connectivity index (χ1n) is 15.6. The van der Waals surface area contributed by atoms with Gasteiger partial charge >= 0.3 is 12.0 Å². The van der Waals surface area contributed by atoms with Crippen LogP contribution in [0.15, 0.2) is 84.0 Å². The predicted molar refractivity (Wildman–Crippen MR) is 190 cm³/mol. The number of methoxy groups -OCH3 is 3. The van der Waals surface area contributed by atoms with Gasteiger partial charge < -0.3 is 28.8 Å². The van der Waals surface area contributed by atoms with E-state index < -0.39 is 12.0 Å². The van der Waals surface area contributed by atoms with E-state index in [2.05, 4.69) is 21.9 Å². The van der Waals surface area contributed by atoms with Crippen molar-refractivity contribution in [2.75, 3.05) is 33.3 Å². The van der Waals surface area contributed by atoms with Crippen molar-refractivity contribution < 1.29 is 23.7 Å². The molecule has 0 amide bonds. The molecule has 0 spiro atoms. The van der Waals surface area contributed by atoms with Gasteiger partial charge in [0.05, 0.1) is 58.1 Å². The van der Waals surface area contributed by atoms with Crippen molar-refractivity contribution >= 4 is 23.3 Å². The summed E-state index contributed by atoms with van der Waals surface area (Å²) in [5.74, 6) is 0.0790. The summed E-state index contributed by atoms with van der Waals surface area (Å²) in [5, 5.41) is 8.36. The van der Waals surface area contributed by atoms with E-state index in [-0.39, 0.29) is 47.2 Å². The highest BCUT2D eigenvalue weighted by molar-refractivity contribution is 6.30. The topological polar surface area (TPSA) is 132 Å². The van der Waals surface area contributed by atoms with Crippen molar-refractivity contribution in [1.82, 2.24) is 24.3 Å². The molecule has 3 heterocycles. The quantitative estimate of drug-likeness (QED) is 0.106. The molecule has 0 aliphatic heterocycles. The molecule has 4 rings (SSSR count). The van der Waals surface area contributed by atoms with Gasteiger partial charge in [-0.25, -0.2) is 14.5 Å². The third kappa shape index (κ3) is 8.21. The monoisotopic (exact) mass is 688 g/mol. The number of ether oxygens (including phenoxy) is 4. The number of anilines is 1. The van der Waals surface area contributed by atoms with E-state index in [1.807, 2.05) is 63.3 Å². The Kier molecular flexibility index (Phi) is 12.4. The van der Waals surface area contributed by atoms with Gasteiger partial charge in [-0.3, -0.25) is 4.79 Å². The number of carbonyl (C=O) groups is 1. The molecule has 1 atom stereocenters. The van der Waals surface area contributed by atoms with Crippen LogP contribution < -0.4 is 25.1 Å². The van der Waals surface area contributed by atoms with Gasteiger partial charge in [-0.2, -0.15) is 10.1 Å². The Hall–Kier alpha value is -5.36. The lowest BCUT2D eigenvalue weighted by atomic mass is 9.91. The molecular formula is C36H41ClN6O6. The van der Waals surface area contributed by atoms with E-state index in [1.54, 1.807) is 37.1 Å². The Bertz CT molecular complexity index is 1910. The van der Waals surface area contributed by atoms with Gasteiger partial charge in [0, 0.05) is 11.8 Å². The number of rotatable bonds is 15. The maximum Gasteiger partial charge on any atom is 0.359 e. The first kappa shape index (κ1) is 36.5. The fourth-order valence-electron chi connectivity index (χ4n) is 5.34. The molecule has 0 saturated carbocycles. The molecule has 0 saturated heterocycles. The number of pyridine rings is 1. The van der Waals surface area contributed by atoms with Gasteiger partial charge in [-0.1, -0.05) is 68.5 Å². The standard InChI is InChI=1S/C36H41ClN6O6/c1-9-12-24(13-10-2)30(39-25-18-27(37)34(44)42(21-25)20-23-14-16-26(46-6)17-15-23)29-31(35(45)49-11-3)41-43(32(29)22(4)5)28-19-38-36(48-8)40-33(28)47-7/h9-10,12-19,21-22,30,39H,1,11,20H2,2-8H3/b13-10-,24-12+. The van der Waals surface area contributed by atoms with Crippen molar-refractivity contribution in [3.63, 3.8) is 0 Å².